The van der Waals surface area contributed by atoms with E-state index in [0.29, 0.717) is 11.3 Å². The number of imide groups is 1. The number of fused-ring (bicyclic) bond motifs is 1. The van der Waals surface area contributed by atoms with Gasteiger partial charge < -0.3 is 4.74 Å². The monoisotopic (exact) mass is 247 g/mol. The quantitative estimate of drug-likeness (QED) is 0.739. The molecule has 0 spiro atoms. The third kappa shape index (κ3) is 1.99. The minimum absolute atomic E-state index is 0.192. The van der Waals surface area contributed by atoms with Gasteiger partial charge in [-0.05, 0) is 24.6 Å². The normalized spacial score (nSPS) is 13.4. The number of amides is 2. The van der Waals surface area contributed by atoms with Crippen LogP contribution in [-0.2, 0) is 20.7 Å². The molecule has 94 valence electrons. The largest absolute Gasteiger partial charge is 0.462 e. The molecule has 1 aliphatic rings. The molecule has 0 saturated carbocycles. The van der Waals surface area contributed by atoms with E-state index in [-0.39, 0.29) is 24.8 Å². The summed E-state index contributed by atoms with van der Waals surface area (Å²) in [5.74, 6) is -1.07. The van der Waals surface area contributed by atoms with Gasteiger partial charge in [0.05, 0.1) is 24.3 Å². The van der Waals surface area contributed by atoms with E-state index in [4.69, 9.17) is 4.74 Å². The van der Waals surface area contributed by atoms with Crippen LogP contribution in [0.4, 0.5) is 5.69 Å². The molecule has 0 unspecified atom stereocenters. The first kappa shape index (κ1) is 12.3. The van der Waals surface area contributed by atoms with Gasteiger partial charge in [0.15, 0.2) is 0 Å². The molecule has 0 bridgehead atoms. The van der Waals surface area contributed by atoms with Crippen LogP contribution in [0.15, 0.2) is 18.2 Å². The molecule has 2 amide bonds. The van der Waals surface area contributed by atoms with Crippen LogP contribution in [0.25, 0.3) is 0 Å². The maximum absolute atomic E-state index is 11.7. The lowest BCUT2D eigenvalue weighted by Crippen LogP contribution is -2.31. The number of nitrogens with zero attached hydrogens (tertiary/aromatic N) is 1. The second kappa shape index (κ2) is 4.60. The number of rotatable bonds is 2. The van der Waals surface area contributed by atoms with E-state index < -0.39 is 5.97 Å². The summed E-state index contributed by atoms with van der Waals surface area (Å²) in [4.78, 5) is 35.8. The van der Waals surface area contributed by atoms with Crippen LogP contribution in [0, 0.1) is 0 Å². The van der Waals surface area contributed by atoms with Gasteiger partial charge in [-0.1, -0.05) is 6.07 Å². The Kier molecular flexibility index (Phi) is 3.14. The molecule has 0 radical (unpaired) electrons. The van der Waals surface area contributed by atoms with Crippen LogP contribution in [0.3, 0.4) is 0 Å². The van der Waals surface area contributed by atoms with Crippen LogP contribution >= 0.6 is 0 Å². The number of carbonyl (C=O) groups is 3. The van der Waals surface area contributed by atoms with Gasteiger partial charge in [0, 0.05) is 6.92 Å². The fraction of sp³-hybridized carbons (Fsp3) is 0.308. The molecule has 0 fully saturated rings. The van der Waals surface area contributed by atoms with Crippen molar-refractivity contribution < 1.29 is 19.1 Å². The molecule has 0 saturated heterocycles. The van der Waals surface area contributed by atoms with Crippen molar-refractivity contribution in [1.29, 1.82) is 0 Å². The van der Waals surface area contributed by atoms with Crippen molar-refractivity contribution >= 4 is 23.5 Å². The molecule has 1 aliphatic heterocycles. The summed E-state index contributed by atoms with van der Waals surface area (Å²) in [5.41, 5.74) is 1.58. The molecular formula is C13H13NO4. The first-order valence-electron chi connectivity index (χ1n) is 5.68. The topological polar surface area (TPSA) is 63.7 Å². The molecule has 2 rings (SSSR count). The standard InChI is InChI=1S/C13H13NO4/c1-3-18-13(17)10-5-4-9-7-12(16)14(8(2)15)11(9)6-10/h4-6H,3,7H2,1-2H3. The van der Waals surface area contributed by atoms with Gasteiger partial charge >= 0.3 is 5.97 Å². The van der Waals surface area contributed by atoms with Crippen LogP contribution in [0.5, 0.6) is 0 Å². The highest BCUT2D eigenvalue weighted by Gasteiger charge is 2.30. The second-order valence-electron chi connectivity index (χ2n) is 3.99. The van der Waals surface area contributed by atoms with Gasteiger partial charge in [-0.15, -0.1) is 0 Å². The summed E-state index contributed by atoms with van der Waals surface area (Å²) in [5, 5.41) is 0. The minimum atomic E-state index is -0.455. The highest BCUT2D eigenvalue weighted by Crippen LogP contribution is 2.30. The van der Waals surface area contributed by atoms with Crippen molar-refractivity contribution in [3.8, 4) is 0 Å². The fourth-order valence-corrected chi connectivity index (χ4v) is 1.98. The molecule has 1 heterocycles. The summed E-state index contributed by atoms with van der Waals surface area (Å²) < 4.78 is 4.88. The molecule has 0 aliphatic carbocycles. The molecule has 1 aromatic carbocycles. The van der Waals surface area contributed by atoms with E-state index in [2.05, 4.69) is 0 Å². The Balaban J connectivity index is 2.40. The number of hydrogen-bond donors (Lipinski definition) is 0. The summed E-state index contributed by atoms with van der Waals surface area (Å²) in [6.07, 6.45) is 0.192. The van der Waals surface area contributed by atoms with Gasteiger partial charge in [0.2, 0.25) is 11.8 Å². The Morgan fingerprint density at radius 2 is 2.11 bits per heavy atom. The summed E-state index contributed by atoms with van der Waals surface area (Å²) in [7, 11) is 0. The Labute approximate surface area is 104 Å². The lowest BCUT2D eigenvalue weighted by Gasteiger charge is -2.13. The first-order chi connectivity index (χ1) is 8.54. The average molecular weight is 247 g/mol. The SMILES string of the molecule is CCOC(=O)c1ccc2c(c1)N(C(C)=O)C(=O)C2. The number of ether oxygens (including phenoxy) is 1. The smallest absolute Gasteiger partial charge is 0.338 e. The Bertz CT molecular complexity index is 536. The number of hydrogen-bond acceptors (Lipinski definition) is 4. The molecule has 5 nitrogen and oxygen atoms in total. The van der Waals surface area contributed by atoms with Crippen LogP contribution in [0.1, 0.15) is 29.8 Å². The fourth-order valence-electron chi connectivity index (χ4n) is 1.98. The summed E-state index contributed by atoms with van der Waals surface area (Å²) in [6, 6.07) is 4.82. The predicted octanol–water partition coefficient (Wildman–Crippen LogP) is 1.30. The second-order valence-corrected chi connectivity index (χ2v) is 3.99. The van der Waals surface area contributed by atoms with Crippen molar-refractivity contribution in [1.82, 2.24) is 0 Å². The van der Waals surface area contributed by atoms with Gasteiger partial charge in [-0.25, -0.2) is 4.79 Å². The molecule has 0 N–H and O–H groups in total. The van der Waals surface area contributed by atoms with Gasteiger partial charge in [0.1, 0.15) is 0 Å². The molecule has 0 atom stereocenters. The van der Waals surface area contributed by atoms with Crippen molar-refractivity contribution in [3.63, 3.8) is 0 Å². The number of benzene rings is 1. The van der Waals surface area contributed by atoms with Crippen molar-refractivity contribution in [2.45, 2.75) is 20.3 Å². The van der Waals surface area contributed by atoms with Gasteiger partial charge in [-0.2, -0.15) is 0 Å². The van der Waals surface area contributed by atoms with E-state index in [1.807, 2.05) is 0 Å². The molecule has 18 heavy (non-hydrogen) atoms. The number of esters is 1. The highest BCUT2D eigenvalue weighted by molar-refractivity contribution is 6.18. The van der Waals surface area contributed by atoms with E-state index in [1.165, 1.54) is 13.0 Å². The maximum atomic E-state index is 11.7. The average Bonchev–Trinajstić information content (AvgIpc) is 2.64. The molecule has 5 heteroatoms. The molecule has 1 aromatic rings. The molecule has 0 aromatic heterocycles. The van der Waals surface area contributed by atoms with Crippen LogP contribution in [-0.4, -0.2) is 24.4 Å². The van der Waals surface area contributed by atoms with Crippen LogP contribution in [0.2, 0.25) is 0 Å². The predicted molar refractivity (Wildman–Crippen MR) is 64.3 cm³/mol. The zero-order valence-electron chi connectivity index (χ0n) is 10.2. The Hall–Kier alpha value is -2.17. The lowest BCUT2D eigenvalue weighted by molar-refractivity contribution is -0.124. The Morgan fingerprint density at radius 3 is 2.72 bits per heavy atom. The minimum Gasteiger partial charge on any atom is -0.462 e. The van der Waals surface area contributed by atoms with E-state index in [0.717, 1.165) is 10.5 Å². The molecular weight excluding hydrogens is 234 g/mol. The summed E-state index contributed by atoms with van der Waals surface area (Å²) in [6.45, 7) is 3.33. The first-order valence-corrected chi connectivity index (χ1v) is 5.68. The van der Waals surface area contributed by atoms with Crippen molar-refractivity contribution in [2.24, 2.45) is 0 Å². The summed E-state index contributed by atoms with van der Waals surface area (Å²) >= 11 is 0. The van der Waals surface area contributed by atoms with Crippen molar-refractivity contribution in [2.75, 3.05) is 11.5 Å². The zero-order valence-corrected chi connectivity index (χ0v) is 10.2. The maximum Gasteiger partial charge on any atom is 0.338 e. The lowest BCUT2D eigenvalue weighted by atomic mass is 10.1. The Morgan fingerprint density at radius 1 is 1.39 bits per heavy atom. The zero-order chi connectivity index (χ0) is 13.3. The third-order valence-corrected chi connectivity index (χ3v) is 2.74. The number of carbonyl (C=O) groups excluding carboxylic acids is 3. The van der Waals surface area contributed by atoms with Crippen LogP contribution < -0.4 is 4.90 Å². The van der Waals surface area contributed by atoms with Crippen molar-refractivity contribution in [3.05, 3.63) is 29.3 Å². The third-order valence-electron chi connectivity index (χ3n) is 2.74. The van der Waals surface area contributed by atoms with E-state index in [1.54, 1.807) is 19.1 Å². The highest BCUT2D eigenvalue weighted by atomic mass is 16.5. The van der Waals surface area contributed by atoms with E-state index >= 15 is 0 Å². The van der Waals surface area contributed by atoms with E-state index in [9.17, 15) is 14.4 Å². The number of anilines is 1. The van der Waals surface area contributed by atoms with Gasteiger partial charge in [-0.3, -0.25) is 14.5 Å². The van der Waals surface area contributed by atoms with Gasteiger partial charge in [0.25, 0.3) is 0 Å².